The molecule has 0 bridgehead atoms. The maximum atomic E-state index is 4.42. The van der Waals surface area contributed by atoms with Crippen LogP contribution in [0.25, 0.3) is 5.65 Å². The van der Waals surface area contributed by atoms with E-state index in [1.54, 1.807) is 4.52 Å². The van der Waals surface area contributed by atoms with Gasteiger partial charge in [-0.2, -0.15) is 10.1 Å². The van der Waals surface area contributed by atoms with Crippen molar-refractivity contribution in [1.82, 2.24) is 24.4 Å². The zero-order chi connectivity index (χ0) is 13.2. The molecule has 19 heavy (non-hydrogen) atoms. The number of hydrogen-bond donors (Lipinski definition) is 1. The van der Waals surface area contributed by atoms with Crippen LogP contribution in [-0.2, 0) is 6.54 Å². The molecule has 0 unspecified atom stereocenters. The van der Waals surface area contributed by atoms with Crippen LogP contribution in [0.15, 0.2) is 30.7 Å². The van der Waals surface area contributed by atoms with E-state index in [1.807, 2.05) is 49.3 Å². The van der Waals surface area contributed by atoms with Crippen LogP contribution in [0.2, 0.25) is 0 Å². The molecule has 3 aromatic heterocycles. The first kappa shape index (κ1) is 11.7. The van der Waals surface area contributed by atoms with Gasteiger partial charge < -0.3 is 5.32 Å². The van der Waals surface area contributed by atoms with Gasteiger partial charge in [0.25, 0.3) is 0 Å². The third-order valence-electron chi connectivity index (χ3n) is 2.88. The lowest BCUT2D eigenvalue weighted by molar-refractivity contribution is 0.635. The monoisotopic (exact) mass is 256 g/mol. The van der Waals surface area contributed by atoms with E-state index in [0.29, 0.717) is 5.95 Å². The van der Waals surface area contributed by atoms with Gasteiger partial charge in [0, 0.05) is 18.9 Å². The fraction of sp³-hybridized carbons (Fsp3) is 0.308. The number of anilines is 1. The van der Waals surface area contributed by atoms with Crippen molar-refractivity contribution < 1.29 is 0 Å². The van der Waals surface area contributed by atoms with E-state index in [0.717, 1.165) is 18.7 Å². The fourth-order valence-corrected chi connectivity index (χ4v) is 1.93. The van der Waals surface area contributed by atoms with Crippen molar-refractivity contribution in [1.29, 1.82) is 0 Å². The van der Waals surface area contributed by atoms with Crippen LogP contribution in [-0.4, -0.2) is 30.9 Å². The molecule has 0 aliphatic carbocycles. The summed E-state index contributed by atoms with van der Waals surface area (Å²) in [6.07, 6.45) is 5.79. The quantitative estimate of drug-likeness (QED) is 0.771. The first-order chi connectivity index (χ1) is 9.20. The third kappa shape index (κ3) is 2.57. The maximum Gasteiger partial charge on any atom is 0.243 e. The molecular weight excluding hydrogens is 240 g/mol. The van der Waals surface area contributed by atoms with E-state index in [2.05, 4.69) is 20.5 Å². The molecule has 6 heteroatoms. The van der Waals surface area contributed by atoms with Gasteiger partial charge in [-0.05, 0) is 37.1 Å². The fourth-order valence-electron chi connectivity index (χ4n) is 1.93. The maximum absolute atomic E-state index is 4.42. The van der Waals surface area contributed by atoms with Crippen LogP contribution in [0.5, 0.6) is 0 Å². The second-order valence-corrected chi connectivity index (χ2v) is 4.65. The highest BCUT2D eigenvalue weighted by atomic mass is 15.3. The van der Waals surface area contributed by atoms with Crippen LogP contribution < -0.4 is 5.32 Å². The lowest BCUT2D eigenvalue weighted by Gasteiger charge is -2.01. The van der Waals surface area contributed by atoms with Crippen LogP contribution in [0.4, 0.5) is 5.95 Å². The molecular formula is C13H16N6. The Kier molecular flexibility index (Phi) is 2.91. The molecule has 98 valence electrons. The number of nitrogens with zero attached hydrogens (tertiary/aromatic N) is 5. The Morgan fingerprint density at radius 1 is 1.26 bits per heavy atom. The number of fused-ring (bicyclic) bond motifs is 1. The number of aryl methyl sites for hydroxylation is 2. The zero-order valence-electron chi connectivity index (χ0n) is 11.0. The minimum absolute atomic E-state index is 0.648. The Morgan fingerprint density at radius 2 is 2.16 bits per heavy atom. The standard InChI is InChI=1S/C13H16N6/c1-10-3-5-19-12(7-10)16-13(17-19)14-4-6-18-9-11(2)8-15-18/h3,5,7-9H,4,6H2,1-2H3,(H,14,17). The Bertz CT molecular complexity index is 696. The number of nitrogens with one attached hydrogen (secondary N) is 1. The van der Waals surface area contributed by atoms with E-state index in [9.17, 15) is 0 Å². The van der Waals surface area contributed by atoms with E-state index in [4.69, 9.17) is 0 Å². The Balaban J connectivity index is 1.65. The van der Waals surface area contributed by atoms with Gasteiger partial charge in [0.05, 0.1) is 12.7 Å². The van der Waals surface area contributed by atoms with Gasteiger partial charge in [0.1, 0.15) is 0 Å². The van der Waals surface area contributed by atoms with Crippen molar-refractivity contribution in [2.45, 2.75) is 20.4 Å². The number of hydrogen-bond acceptors (Lipinski definition) is 4. The summed E-state index contributed by atoms with van der Waals surface area (Å²) >= 11 is 0. The molecule has 1 N–H and O–H groups in total. The normalized spacial score (nSPS) is 11.1. The summed E-state index contributed by atoms with van der Waals surface area (Å²) in [4.78, 5) is 4.42. The van der Waals surface area contributed by atoms with Gasteiger partial charge in [0.2, 0.25) is 5.95 Å². The molecule has 3 aromatic rings. The molecule has 0 saturated carbocycles. The molecule has 0 aliphatic rings. The largest absolute Gasteiger partial charge is 0.351 e. The summed E-state index contributed by atoms with van der Waals surface area (Å²) in [7, 11) is 0. The molecule has 0 saturated heterocycles. The van der Waals surface area contributed by atoms with Gasteiger partial charge in [-0.1, -0.05) is 0 Å². The molecule has 0 aliphatic heterocycles. The second-order valence-electron chi connectivity index (χ2n) is 4.65. The Hall–Kier alpha value is -2.37. The van der Waals surface area contributed by atoms with Crippen LogP contribution in [0, 0.1) is 13.8 Å². The molecule has 3 rings (SSSR count). The molecule has 6 nitrogen and oxygen atoms in total. The summed E-state index contributed by atoms with van der Waals surface area (Å²) in [6.45, 7) is 5.62. The topological polar surface area (TPSA) is 60.0 Å². The van der Waals surface area contributed by atoms with Crippen molar-refractivity contribution in [2.75, 3.05) is 11.9 Å². The van der Waals surface area contributed by atoms with Crippen molar-refractivity contribution in [3.63, 3.8) is 0 Å². The summed E-state index contributed by atoms with van der Waals surface area (Å²) in [5.41, 5.74) is 3.21. The van der Waals surface area contributed by atoms with E-state index < -0.39 is 0 Å². The van der Waals surface area contributed by atoms with E-state index in [-0.39, 0.29) is 0 Å². The Morgan fingerprint density at radius 3 is 2.95 bits per heavy atom. The molecule has 0 spiro atoms. The average Bonchev–Trinajstić information content (AvgIpc) is 2.95. The predicted molar refractivity (Wildman–Crippen MR) is 73.2 cm³/mol. The van der Waals surface area contributed by atoms with Crippen LogP contribution in [0.1, 0.15) is 11.1 Å². The number of pyridine rings is 1. The summed E-state index contributed by atoms with van der Waals surface area (Å²) in [5, 5.41) is 11.8. The first-order valence-corrected chi connectivity index (χ1v) is 6.27. The predicted octanol–water partition coefficient (Wildman–Crippen LogP) is 1.65. The summed E-state index contributed by atoms with van der Waals surface area (Å²) in [6, 6.07) is 4.02. The second kappa shape index (κ2) is 4.72. The Labute approximate surface area is 111 Å². The van der Waals surface area contributed by atoms with Crippen molar-refractivity contribution >= 4 is 11.6 Å². The lowest BCUT2D eigenvalue weighted by atomic mass is 10.3. The number of rotatable bonds is 4. The summed E-state index contributed by atoms with van der Waals surface area (Å²) < 4.78 is 3.68. The van der Waals surface area contributed by atoms with Gasteiger partial charge in [-0.25, -0.2) is 4.52 Å². The smallest absolute Gasteiger partial charge is 0.243 e. The van der Waals surface area contributed by atoms with Crippen molar-refractivity contribution in [3.05, 3.63) is 41.9 Å². The molecule has 0 aromatic carbocycles. The van der Waals surface area contributed by atoms with E-state index >= 15 is 0 Å². The summed E-state index contributed by atoms with van der Waals surface area (Å²) in [5.74, 6) is 0.648. The highest BCUT2D eigenvalue weighted by molar-refractivity contribution is 5.45. The minimum Gasteiger partial charge on any atom is -0.351 e. The zero-order valence-corrected chi connectivity index (χ0v) is 11.0. The lowest BCUT2D eigenvalue weighted by Crippen LogP contribution is -2.11. The van der Waals surface area contributed by atoms with Gasteiger partial charge in [-0.3, -0.25) is 4.68 Å². The molecule has 0 atom stereocenters. The SMILES string of the molecule is Cc1ccn2nc(NCCn3cc(C)cn3)nc2c1. The molecule has 0 radical (unpaired) electrons. The highest BCUT2D eigenvalue weighted by Crippen LogP contribution is 2.07. The van der Waals surface area contributed by atoms with Crippen molar-refractivity contribution in [2.24, 2.45) is 0 Å². The molecule has 0 amide bonds. The van der Waals surface area contributed by atoms with Crippen molar-refractivity contribution in [3.8, 4) is 0 Å². The average molecular weight is 256 g/mol. The van der Waals surface area contributed by atoms with Gasteiger partial charge in [-0.15, -0.1) is 5.10 Å². The highest BCUT2D eigenvalue weighted by Gasteiger charge is 2.02. The molecule has 0 fully saturated rings. The van der Waals surface area contributed by atoms with Gasteiger partial charge >= 0.3 is 0 Å². The molecule has 3 heterocycles. The van der Waals surface area contributed by atoms with E-state index in [1.165, 1.54) is 11.1 Å². The minimum atomic E-state index is 0.648. The van der Waals surface area contributed by atoms with Crippen LogP contribution >= 0.6 is 0 Å². The number of aromatic nitrogens is 5. The van der Waals surface area contributed by atoms with Gasteiger partial charge in [0.15, 0.2) is 5.65 Å². The third-order valence-corrected chi connectivity index (χ3v) is 2.88. The first-order valence-electron chi connectivity index (χ1n) is 6.27. The van der Waals surface area contributed by atoms with Crippen LogP contribution in [0.3, 0.4) is 0 Å².